The number of likely N-dealkylation sites (N-methyl/N-ethyl adjacent to an activating group) is 1. The zero-order valence-corrected chi connectivity index (χ0v) is 22.2. The molecule has 0 heterocycles. The molecule has 28 heavy (non-hydrogen) atoms. The van der Waals surface area contributed by atoms with E-state index >= 15 is 0 Å². The van der Waals surface area contributed by atoms with E-state index in [9.17, 15) is 0 Å². The van der Waals surface area contributed by atoms with Crippen LogP contribution < -0.4 is 14.5 Å². The van der Waals surface area contributed by atoms with Crippen LogP contribution in [-0.2, 0) is 4.43 Å². The predicted octanol–water partition coefficient (Wildman–Crippen LogP) is 6.36. The highest BCUT2D eigenvalue weighted by Gasteiger charge is 2.41. The van der Waals surface area contributed by atoms with Crippen molar-refractivity contribution >= 4 is 16.6 Å². The first-order chi connectivity index (χ1) is 12.6. The SMILES string of the molecule is CNCC(O[Si](C)(C)C(C)(C)C)c1ccc(O[Si](C)(C)C(C)(C)C)c(OC)c1. The van der Waals surface area contributed by atoms with Crippen LogP contribution in [0.1, 0.15) is 53.2 Å². The summed E-state index contributed by atoms with van der Waals surface area (Å²) >= 11 is 0. The number of hydrogen-bond donors (Lipinski definition) is 1. The molecule has 6 heteroatoms. The Morgan fingerprint density at radius 3 is 1.86 bits per heavy atom. The molecule has 1 atom stereocenters. The summed E-state index contributed by atoms with van der Waals surface area (Å²) in [6.45, 7) is 23.4. The van der Waals surface area contributed by atoms with Crippen LogP contribution >= 0.6 is 0 Å². The van der Waals surface area contributed by atoms with Crippen LogP contribution in [0.2, 0.25) is 36.3 Å². The van der Waals surface area contributed by atoms with Gasteiger partial charge in [0.25, 0.3) is 8.32 Å². The predicted molar refractivity (Wildman–Crippen MR) is 126 cm³/mol. The van der Waals surface area contributed by atoms with Gasteiger partial charge in [-0.05, 0) is 61.0 Å². The van der Waals surface area contributed by atoms with Gasteiger partial charge in [-0.1, -0.05) is 47.6 Å². The second-order valence-corrected chi connectivity index (χ2v) is 20.2. The highest BCUT2D eigenvalue weighted by atomic mass is 28.4. The molecule has 0 aliphatic heterocycles. The summed E-state index contributed by atoms with van der Waals surface area (Å²) in [6.07, 6.45) is -0.0123. The molecule has 1 aromatic rings. The van der Waals surface area contributed by atoms with Crippen molar-refractivity contribution in [2.24, 2.45) is 0 Å². The van der Waals surface area contributed by atoms with Crippen molar-refractivity contribution in [3.05, 3.63) is 23.8 Å². The van der Waals surface area contributed by atoms with E-state index in [1.807, 2.05) is 13.1 Å². The maximum atomic E-state index is 6.71. The highest BCUT2D eigenvalue weighted by Crippen LogP contribution is 2.42. The van der Waals surface area contributed by atoms with Crippen molar-refractivity contribution in [3.63, 3.8) is 0 Å². The number of ether oxygens (including phenoxy) is 1. The molecule has 0 saturated heterocycles. The normalized spacial score (nSPS) is 14.7. The van der Waals surface area contributed by atoms with E-state index in [0.717, 1.165) is 23.6 Å². The van der Waals surface area contributed by atoms with Crippen molar-refractivity contribution in [1.29, 1.82) is 0 Å². The summed E-state index contributed by atoms with van der Waals surface area (Å²) in [6, 6.07) is 6.25. The third-order valence-electron chi connectivity index (χ3n) is 6.36. The van der Waals surface area contributed by atoms with E-state index in [0.29, 0.717) is 0 Å². The molecule has 1 N–H and O–H groups in total. The van der Waals surface area contributed by atoms with Crippen molar-refractivity contribution in [2.75, 3.05) is 20.7 Å². The lowest BCUT2D eigenvalue weighted by atomic mass is 10.1. The molecule has 0 fully saturated rings. The molecule has 1 unspecified atom stereocenters. The zero-order chi connectivity index (χ0) is 22.0. The van der Waals surface area contributed by atoms with E-state index < -0.39 is 16.6 Å². The van der Waals surface area contributed by atoms with Gasteiger partial charge in [0.15, 0.2) is 14.1 Å². The summed E-state index contributed by atoms with van der Waals surface area (Å²) in [7, 11) is -0.156. The maximum Gasteiger partial charge on any atom is 0.250 e. The molecular weight excluding hydrogens is 382 g/mol. The van der Waals surface area contributed by atoms with Crippen LogP contribution in [0.3, 0.4) is 0 Å². The summed E-state index contributed by atoms with van der Waals surface area (Å²) in [5.41, 5.74) is 1.12. The third kappa shape index (κ3) is 6.08. The number of methoxy groups -OCH3 is 1. The Morgan fingerprint density at radius 1 is 0.893 bits per heavy atom. The fourth-order valence-corrected chi connectivity index (χ4v) is 4.65. The van der Waals surface area contributed by atoms with Gasteiger partial charge >= 0.3 is 0 Å². The lowest BCUT2D eigenvalue weighted by molar-refractivity contribution is 0.182. The molecule has 0 aliphatic rings. The minimum absolute atomic E-state index is 0.0123. The lowest BCUT2D eigenvalue weighted by Gasteiger charge is -2.39. The van der Waals surface area contributed by atoms with Crippen LogP contribution in [0, 0.1) is 0 Å². The second kappa shape index (κ2) is 8.90. The fourth-order valence-electron chi connectivity index (χ4n) is 2.34. The Hall–Kier alpha value is -0.826. The Balaban J connectivity index is 3.23. The molecule has 0 spiro atoms. The third-order valence-corrected chi connectivity index (χ3v) is 15.2. The summed E-state index contributed by atoms with van der Waals surface area (Å²) < 4.78 is 18.9. The zero-order valence-electron chi connectivity index (χ0n) is 20.2. The van der Waals surface area contributed by atoms with Crippen molar-refractivity contribution in [3.8, 4) is 11.5 Å². The molecule has 1 aromatic carbocycles. The fraction of sp³-hybridized carbons (Fsp3) is 0.727. The van der Waals surface area contributed by atoms with Gasteiger partial charge in [0, 0.05) is 6.54 Å². The van der Waals surface area contributed by atoms with Crippen LogP contribution in [0.25, 0.3) is 0 Å². The second-order valence-electron chi connectivity index (χ2n) is 10.7. The van der Waals surface area contributed by atoms with E-state index in [1.54, 1.807) is 7.11 Å². The molecule has 0 amide bonds. The van der Waals surface area contributed by atoms with E-state index in [4.69, 9.17) is 13.6 Å². The number of benzene rings is 1. The van der Waals surface area contributed by atoms with Crippen molar-refractivity contribution < 1.29 is 13.6 Å². The molecule has 162 valence electrons. The van der Waals surface area contributed by atoms with E-state index in [-0.39, 0.29) is 16.2 Å². The molecule has 0 aromatic heterocycles. The molecular formula is C22H43NO3Si2. The Morgan fingerprint density at radius 2 is 1.43 bits per heavy atom. The standard InChI is InChI=1S/C22H43NO3Si2/c1-21(2,3)27(9,10)25-18-14-13-17(15-19(18)24-8)20(16-23-7)26-28(11,12)22(4,5)6/h13-15,20,23H,16H2,1-12H3. The maximum absolute atomic E-state index is 6.71. The van der Waals surface area contributed by atoms with Crippen molar-refractivity contribution in [1.82, 2.24) is 5.32 Å². The molecule has 1 rings (SSSR count). The monoisotopic (exact) mass is 425 g/mol. The van der Waals surface area contributed by atoms with Gasteiger partial charge in [0.1, 0.15) is 5.75 Å². The summed E-state index contributed by atoms with van der Waals surface area (Å²) in [5, 5.41) is 3.58. The van der Waals surface area contributed by atoms with Gasteiger partial charge in [-0.3, -0.25) is 0 Å². The molecule has 4 nitrogen and oxygen atoms in total. The van der Waals surface area contributed by atoms with Gasteiger partial charge in [0.2, 0.25) is 0 Å². The largest absolute Gasteiger partial charge is 0.541 e. The smallest absolute Gasteiger partial charge is 0.250 e. The average molecular weight is 426 g/mol. The van der Waals surface area contributed by atoms with Gasteiger partial charge in [-0.15, -0.1) is 0 Å². The average Bonchev–Trinajstić information content (AvgIpc) is 2.52. The molecule has 0 bridgehead atoms. The Bertz CT molecular complexity index is 646. The van der Waals surface area contributed by atoms with Gasteiger partial charge < -0.3 is 18.9 Å². The quantitative estimate of drug-likeness (QED) is 0.492. The highest BCUT2D eigenvalue weighted by molar-refractivity contribution is 6.75. The molecule has 0 saturated carbocycles. The Kier molecular flexibility index (Phi) is 8.01. The minimum atomic E-state index is -1.93. The summed E-state index contributed by atoms with van der Waals surface area (Å²) in [4.78, 5) is 0. The topological polar surface area (TPSA) is 39.7 Å². The molecule has 0 aliphatic carbocycles. The van der Waals surface area contributed by atoms with Crippen LogP contribution in [0.4, 0.5) is 0 Å². The van der Waals surface area contributed by atoms with Gasteiger partial charge in [-0.2, -0.15) is 0 Å². The first kappa shape index (κ1) is 25.2. The minimum Gasteiger partial charge on any atom is -0.541 e. The number of hydrogen-bond acceptors (Lipinski definition) is 4. The van der Waals surface area contributed by atoms with Gasteiger partial charge in [-0.25, -0.2) is 0 Å². The number of rotatable bonds is 8. The Labute approximate surface area is 175 Å². The van der Waals surface area contributed by atoms with Crippen LogP contribution in [0.5, 0.6) is 11.5 Å². The van der Waals surface area contributed by atoms with E-state index in [1.165, 1.54) is 0 Å². The van der Waals surface area contributed by atoms with E-state index in [2.05, 4.69) is 85.2 Å². The first-order valence-corrected chi connectivity index (χ1v) is 16.1. The van der Waals surface area contributed by atoms with Crippen LogP contribution in [-0.4, -0.2) is 37.3 Å². The lowest BCUT2D eigenvalue weighted by Crippen LogP contribution is -2.44. The number of nitrogens with one attached hydrogen (secondary N) is 1. The first-order valence-electron chi connectivity index (χ1n) is 10.2. The van der Waals surface area contributed by atoms with Gasteiger partial charge in [0.05, 0.1) is 13.2 Å². The summed E-state index contributed by atoms with van der Waals surface area (Å²) in [5.74, 6) is 1.61. The van der Waals surface area contributed by atoms with Crippen molar-refractivity contribution in [2.45, 2.75) is 83.9 Å². The molecule has 0 radical (unpaired) electrons. The van der Waals surface area contributed by atoms with Crippen LogP contribution in [0.15, 0.2) is 18.2 Å².